The van der Waals surface area contributed by atoms with Crippen molar-refractivity contribution in [1.29, 1.82) is 0 Å². The Bertz CT molecular complexity index is 324. The predicted octanol–water partition coefficient (Wildman–Crippen LogP) is 0.842. The van der Waals surface area contributed by atoms with E-state index < -0.39 is 5.54 Å². The highest BCUT2D eigenvalue weighted by Crippen LogP contribution is 2.19. The lowest BCUT2D eigenvalue weighted by Gasteiger charge is -2.10. The Balaban J connectivity index is 2.00. The Morgan fingerprint density at radius 3 is 2.87 bits per heavy atom. The molecule has 1 unspecified atom stereocenters. The van der Waals surface area contributed by atoms with Crippen LogP contribution in [0.4, 0.5) is 0 Å². The van der Waals surface area contributed by atoms with E-state index in [0.717, 1.165) is 31.9 Å². The van der Waals surface area contributed by atoms with Crippen LogP contribution in [0.15, 0.2) is 4.52 Å². The van der Waals surface area contributed by atoms with E-state index in [9.17, 15) is 0 Å². The molecule has 1 saturated heterocycles. The fraction of sp³-hybridized carbons (Fsp3) is 0.800. The lowest BCUT2D eigenvalue weighted by atomic mass is 10.0. The van der Waals surface area contributed by atoms with E-state index in [1.54, 1.807) is 0 Å². The normalized spacial score (nSPS) is 22.2. The Hall–Kier alpha value is -0.940. The van der Waals surface area contributed by atoms with Crippen LogP contribution in [0.5, 0.6) is 0 Å². The summed E-state index contributed by atoms with van der Waals surface area (Å²) in [7, 11) is 0. The molecule has 1 aromatic heterocycles. The van der Waals surface area contributed by atoms with Crippen molar-refractivity contribution in [3.8, 4) is 0 Å². The van der Waals surface area contributed by atoms with Crippen molar-refractivity contribution in [2.24, 2.45) is 11.7 Å². The van der Waals surface area contributed by atoms with Gasteiger partial charge in [-0.3, -0.25) is 0 Å². The molecule has 1 atom stereocenters. The summed E-state index contributed by atoms with van der Waals surface area (Å²) >= 11 is 0. The van der Waals surface area contributed by atoms with E-state index in [2.05, 4.69) is 10.1 Å². The molecule has 0 radical (unpaired) electrons. The van der Waals surface area contributed by atoms with E-state index in [4.69, 9.17) is 15.0 Å². The van der Waals surface area contributed by atoms with Crippen LogP contribution >= 0.6 is 0 Å². The standard InChI is InChI=1S/C10H17N3O2/c1-10(2,11)9-12-8(13-15-9)5-7-3-4-14-6-7/h7H,3-6,11H2,1-2H3. The Morgan fingerprint density at radius 1 is 1.53 bits per heavy atom. The first-order valence-corrected chi connectivity index (χ1v) is 5.25. The summed E-state index contributed by atoms with van der Waals surface area (Å²) in [5.41, 5.74) is 5.30. The van der Waals surface area contributed by atoms with Crippen LogP contribution in [0, 0.1) is 5.92 Å². The largest absolute Gasteiger partial charge is 0.381 e. The number of rotatable bonds is 3. The second kappa shape index (κ2) is 3.90. The first-order valence-electron chi connectivity index (χ1n) is 5.25. The molecular weight excluding hydrogens is 194 g/mol. The van der Waals surface area contributed by atoms with Gasteiger partial charge in [0, 0.05) is 19.6 Å². The van der Waals surface area contributed by atoms with Crippen LogP contribution in [0.1, 0.15) is 32.0 Å². The Morgan fingerprint density at radius 2 is 2.33 bits per heavy atom. The number of hydrogen-bond acceptors (Lipinski definition) is 5. The van der Waals surface area contributed by atoms with Crippen LogP contribution < -0.4 is 5.73 Å². The van der Waals surface area contributed by atoms with Crippen molar-refractivity contribution in [3.05, 3.63) is 11.7 Å². The third-order valence-electron chi connectivity index (χ3n) is 2.51. The van der Waals surface area contributed by atoms with Crippen molar-refractivity contribution in [2.45, 2.75) is 32.2 Å². The minimum Gasteiger partial charge on any atom is -0.381 e. The molecular formula is C10H17N3O2. The van der Waals surface area contributed by atoms with Crippen molar-refractivity contribution < 1.29 is 9.26 Å². The maximum Gasteiger partial charge on any atom is 0.246 e. The van der Waals surface area contributed by atoms with E-state index in [0.29, 0.717) is 11.8 Å². The van der Waals surface area contributed by atoms with Gasteiger partial charge in [0.25, 0.3) is 0 Å². The van der Waals surface area contributed by atoms with Gasteiger partial charge in [-0.1, -0.05) is 5.16 Å². The molecule has 2 rings (SSSR count). The maximum atomic E-state index is 5.86. The highest BCUT2D eigenvalue weighted by Gasteiger charge is 2.24. The highest BCUT2D eigenvalue weighted by molar-refractivity contribution is 4.98. The molecule has 0 spiro atoms. The first kappa shape index (κ1) is 10.6. The molecule has 0 amide bonds. The molecule has 1 fully saturated rings. The summed E-state index contributed by atoms with van der Waals surface area (Å²) in [6, 6.07) is 0. The third kappa shape index (κ3) is 2.54. The van der Waals surface area contributed by atoms with Crippen molar-refractivity contribution in [3.63, 3.8) is 0 Å². The molecule has 5 nitrogen and oxygen atoms in total. The first-order chi connectivity index (χ1) is 7.05. The van der Waals surface area contributed by atoms with Gasteiger partial charge >= 0.3 is 0 Å². The van der Waals surface area contributed by atoms with Gasteiger partial charge in [0.05, 0.1) is 5.54 Å². The van der Waals surface area contributed by atoms with Gasteiger partial charge < -0.3 is 15.0 Å². The van der Waals surface area contributed by atoms with Gasteiger partial charge in [-0.15, -0.1) is 0 Å². The smallest absolute Gasteiger partial charge is 0.246 e. The number of nitrogens with zero attached hydrogens (tertiary/aromatic N) is 2. The molecule has 0 saturated carbocycles. The average molecular weight is 211 g/mol. The molecule has 2 N–H and O–H groups in total. The summed E-state index contributed by atoms with van der Waals surface area (Å²) in [6.45, 7) is 5.35. The lowest BCUT2D eigenvalue weighted by molar-refractivity contribution is 0.185. The topological polar surface area (TPSA) is 74.2 Å². The van der Waals surface area contributed by atoms with Crippen LogP contribution in [0.25, 0.3) is 0 Å². The van der Waals surface area contributed by atoms with E-state index in [1.807, 2.05) is 13.8 Å². The summed E-state index contributed by atoms with van der Waals surface area (Å²) in [6.07, 6.45) is 1.90. The molecule has 84 valence electrons. The molecule has 1 aliphatic heterocycles. The van der Waals surface area contributed by atoms with Crippen LogP contribution in [-0.2, 0) is 16.7 Å². The van der Waals surface area contributed by atoms with Crippen molar-refractivity contribution in [1.82, 2.24) is 10.1 Å². The third-order valence-corrected chi connectivity index (χ3v) is 2.51. The van der Waals surface area contributed by atoms with Crippen molar-refractivity contribution in [2.75, 3.05) is 13.2 Å². The molecule has 0 aromatic carbocycles. The fourth-order valence-corrected chi connectivity index (χ4v) is 1.60. The molecule has 0 aliphatic carbocycles. The Labute approximate surface area is 89.0 Å². The molecule has 2 heterocycles. The van der Waals surface area contributed by atoms with Gasteiger partial charge in [0.2, 0.25) is 5.89 Å². The minimum atomic E-state index is -0.558. The van der Waals surface area contributed by atoms with Crippen LogP contribution in [-0.4, -0.2) is 23.4 Å². The van der Waals surface area contributed by atoms with Gasteiger partial charge in [-0.25, -0.2) is 0 Å². The quantitative estimate of drug-likeness (QED) is 0.802. The predicted molar refractivity (Wildman–Crippen MR) is 54.1 cm³/mol. The molecule has 15 heavy (non-hydrogen) atoms. The summed E-state index contributed by atoms with van der Waals surface area (Å²) in [4.78, 5) is 4.29. The Kier molecular flexibility index (Phi) is 2.75. The SMILES string of the molecule is CC(C)(N)c1nc(CC2CCOC2)no1. The van der Waals surface area contributed by atoms with Crippen molar-refractivity contribution >= 4 is 0 Å². The van der Waals surface area contributed by atoms with E-state index in [-0.39, 0.29) is 0 Å². The monoisotopic (exact) mass is 211 g/mol. The average Bonchev–Trinajstić information content (AvgIpc) is 2.73. The second-order valence-electron chi connectivity index (χ2n) is 4.67. The number of nitrogens with two attached hydrogens (primary N) is 1. The van der Waals surface area contributed by atoms with E-state index >= 15 is 0 Å². The zero-order valence-corrected chi connectivity index (χ0v) is 9.19. The number of hydrogen-bond donors (Lipinski definition) is 1. The zero-order chi connectivity index (χ0) is 10.9. The van der Waals surface area contributed by atoms with Gasteiger partial charge in [-0.05, 0) is 26.2 Å². The van der Waals surface area contributed by atoms with Gasteiger partial charge in [0.15, 0.2) is 5.82 Å². The lowest BCUT2D eigenvalue weighted by Crippen LogP contribution is -2.29. The van der Waals surface area contributed by atoms with E-state index in [1.165, 1.54) is 0 Å². The second-order valence-corrected chi connectivity index (χ2v) is 4.67. The van der Waals surface area contributed by atoms with Crippen LogP contribution in [0.2, 0.25) is 0 Å². The number of aromatic nitrogens is 2. The number of ether oxygens (including phenoxy) is 1. The summed E-state index contributed by atoms with van der Waals surface area (Å²) in [5.74, 6) is 1.76. The highest BCUT2D eigenvalue weighted by atomic mass is 16.5. The zero-order valence-electron chi connectivity index (χ0n) is 9.19. The molecule has 1 aliphatic rings. The summed E-state index contributed by atoms with van der Waals surface area (Å²) in [5, 5.41) is 3.92. The summed E-state index contributed by atoms with van der Waals surface area (Å²) < 4.78 is 10.4. The van der Waals surface area contributed by atoms with Gasteiger partial charge in [0.1, 0.15) is 0 Å². The minimum absolute atomic E-state index is 0.497. The molecule has 1 aromatic rings. The maximum absolute atomic E-state index is 5.86. The molecule has 5 heteroatoms. The fourth-order valence-electron chi connectivity index (χ4n) is 1.60. The molecule has 0 bridgehead atoms. The van der Waals surface area contributed by atoms with Gasteiger partial charge in [-0.2, -0.15) is 4.98 Å². The van der Waals surface area contributed by atoms with Crippen LogP contribution in [0.3, 0.4) is 0 Å².